The summed E-state index contributed by atoms with van der Waals surface area (Å²) in [6.45, 7) is 10.1. The Morgan fingerprint density at radius 1 is 1.21 bits per heavy atom. The molecule has 0 atom stereocenters. The van der Waals surface area contributed by atoms with Crippen LogP contribution >= 0.6 is 0 Å². The maximum absolute atomic E-state index is 13.9. The zero-order valence-corrected chi connectivity index (χ0v) is 19.9. The number of carbonyl (C=O) groups is 2. The van der Waals surface area contributed by atoms with Crippen molar-refractivity contribution < 1.29 is 23.5 Å². The highest BCUT2D eigenvalue weighted by molar-refractivity contribution is 5.98. The van der Waals surface area contributed by atoms with E-state index in [4.69, 9.17) is 9.47 Å². The van der Waals surface area contributed by atoms with E-state index in [-0.39, 0.29) is 23.7 Å². The predicted octanol–water partition coefficient (Wildman–Crippen LogP) is 4.32. The van der Waals surface area contributed by atoms with E-state index in [9.17, 15) is 14.0 Å². The maximum atomic E-state index is 13.9. The lowest BCUT2D eigenvalue weighted by molar-refractivity contribution is -0.116. The molecule has 33 heavy (non-hydrogen) atoms. The Balaban J connectivity index is 1.80. The summed E-state index contributed by atoms with van der Waals surface area (Å²) in [5.41, 5.74) is 3.39. The molecule has 6 nitrogen and oxygen atoms in total. The van der Waals surface area contributed by atoms with Gasteiger partial charge in [-0.05, 0) is 64.3 Å². The van der Waals surface area contributed by atoms with Gasteiger partial charge in [0.25, 0.3) is 0 Å². The van der Waals surface area contributed by atoms with E-state index in [0.29, 0.717) is 50.3 Å². The summed E-state index contributed by atoms with van der Waals surface area (Å²) in [6.07, 6.45) is 4.52. The fourth-order valence-electron chi connectivity index (χ4n) is 4.67. The minimum atomic E-state index is -0.391. The SMILES string of the molecule is CCOC(=O)c1c(/C=C/C(=O)NCC2(c3cccc(F)c3)CCOCC2)c(C)n(CC)c1C. The number of halogens is 1. The van der Waals surface area contributed by atoms with Gasteiger partial charge in [0.1, 0.15) is 5.82 Å². The molecule has 1 fully saturated rings. The first-order chi connectivity index (χ1) is 15.8. The van der Waals surface area contributed by atoms with E-state index in [2.05, 4.69) is 5.32 Å². The van der Waals surface area contributed by atoms with Crippen molar-refractivity contribution >= 4 is 18.0 Å². The molecule has 0 bridgehead atoms. The minimum Gasteiger partial charge on any atom is -0.462 e. The molecular formula is C26H33FN2O4. The van der Waals surface area contributed by atoms with Gasteiger partial charge in [-0.25, -0.2) is 9.18 Å². The molecule has 1 aromatic carbocycles. The minimum absolute atomic E-state index is 0.270. The average Bonchev–Trinajstić information content (AvgIpc) is 3.05. The van der Waals surface area contributed by atoms with Crippen molar-refractivity contribution in [1.82, 2.24) is 9.88 Å². The van der Waals surface area contributed by atoms with Gasteiger partial charge in [-0.2, -0.15) is 0 Å². The number of nitrogens with zero attached hydrogens (tertiary/aromatic N) is 1. The van der Waals surface area contributed by atoms with Crippen molar-refractivity contribution in [1.29, 1.82) is 0 Å². The normalized spacial score (nSPS) is 15.5. The van der Waals surface area contributed by atoms with E-state index in [1.807, 2.05) is 31.4 Å². The highest BCUT2D eigenvalue weighted by Gasteiger charge is 2.35. The van der Waals surface area contributed by atoms with Crippen molar-refractivity contribution in [2.45, 2.75) is 52.5 Å². The van der Waals surface area contributed by atoms with Crippen molar-refractivity contribution in [2.75, 3.05) is 26.4 Å². The summed E-state index contributed by atoms with van der Waals surface area (Å²) in [7, 11) is 0. The molecule has 1 aliphatic heterocycles. The third kappa shape index (κ3) is 5.36. The van der Waals surface area contributed by atoms with Gasteiger partial charge in [0, 0.05) is 54.7 Å². The number of hydrogen-bond donors (Lipinski definition) is 1. The van der Waals surface area contributed by atoms with E-state index in [0.717, 1.165) is 17.0 Å². The second-order valence-electron chi connectivity index (χ2n) is 8.38. The number of ether oxygens (including phenoxy) is 2. The van der Waals surface area contributed by atoms with E-state index >= 15 is 0 Å². The standard InChI is InChI=1S/C26H33FN2O4/c1-5-29-18(3)22(24(19(29)4)25(31)33-6-2)10-11-23(30)28-17-26(12-14-32-15-13-26)20-8-7-9-21(27)16-20/h7-11,16H,5-6,12-15,17H2,1-4H3,(H,28,30)/b11-10+. The third-order valence-electron chi connectivity index (χ3n) is 6.52. The first kappa shape index (κ1) is 24.7. The molecule has 0 radical (unpaired) electrons. The van der Waals surface area contributed by atoms with Crippen LogP contribution in [0.4, 0.5) is 4.39 Å². The van der Waals surface area contributed by atoms with Crippen LogP contribution in [0, 0.1) is 19.7 Å². The molecule has 1 N–H and O–H groups in total. The van der Waals surface area contributed by atoms with Crippen LogP contribution in [0.2, 0.25) is 0 Å². The molecule has 0 spiro atoms. The van der Waals surface area contributed by atoms with E-state index in [1.165, 1.54) is 12.1 Å². The van der Waals surface area contributed by atoms with Gasteiger partial charge in [0.05, 0.1) is 12.2 Å². The number of benzene rings is 1. The number of amides is 1. The van der Waals surface area contributed by atoms with Crippen molar-refractivity contribution in [3.05, 3.63) is 64.2 Å². The van der Waals surface area contributed by atoms with Crippen LogP contribution in [0.15, 0.2) is 30.3 Å². The number of nitrogens with one attached hydrogen (secondary N) is 1. The van der Waals surface area contributed by atoms with Crippen LogP contribution < -0.4 is 5.32 Å². The Morgan fingerprint density at radius 2 is 1.94 bits per heavy atom. The van der Waals surface area contributed by atoms with Gasteiger partial charge >= 0.3 is 5.97 Å². The first-order valence-corrected chi connectivity index (χ1v) is 11.5. The smallest absolute Gasteiger partial charge is 0.340 e. The second-order valence-corrected chi connectivity index (χ2v) is 8.38. The fraction of sp³-hybridized carbons (Fsp3) is 0.462. The molecular weight excluding hydrogens is 423 g/mol. The van der Waals surface area contributed by atoms with E-state index in [1.54, 1.807) is 25.1 Å². The topological polar surface area (TPSA) is 69.6 Å². The van der Waals surface area contributed by atoms with Crippen LogP contribution in [-0.2, 0) is 26.2 Å². The Labute approximate surface area is 194 Å². The van der Waals surface area contributed by atoms with Crippen molar-refractivity contribution in [2.24, 2.45) is 0 Å². The number of esters is 1. The molecule has 1 aromatic heterocycles. The molecule has 1 amide bonds. The molecule has 0 unspecified atom stereocenters. The molecule has 1 aliphatic rings. The lowest BCUT2D eigenvalue weighted by Crippen LogP contribution is -2.44. The zero-order valence-electron chi connectivity index (χ0n) is 19.9. The Morgan fingerprint density at radius 3 is 2.58 bits per heavy atom. The van der Waals surface area contributed by atoms with Gasteiger partial charge in [-0.3, -0.25) is 4.79 Å². The largest absolute Gasteiger partial charge is 0.462 e. The number of hydrogen-bond acceptors (Lipinski definition) is 4. The molecule has 2 heterocycles. The second kappa shape index (κ2) is 10.8. The number of rotatable bonds is 8. The van der Waals surface area contributed by atoms with Gasteiger partial charge in [0.2, 0.25) is 5.91 Å². The summed E-state index contributed by atoms with van der Waals surface area (Å²) in [6, 6.07) is 6.57. The van der Waals surface area contributed by atoms with Crippen LogP contribution in [0.3, 0.4) is 0 Å². The summed E-state index contributed by atoms with van der Waals surface area (Å²) in [5, 5.41) is 2.98. The molecule has 178 valence electrons. The van der Waals surface area contributed by atoms with Crippen LogP contribution in [0.5, 0.6) is 0 Å². The Kier molecular flexibility index (Phi) is 8.08. The quantitative estimate of drug-likeness (QED) is 0.475. The van der Waals surface area contributed by atoms with Crippen LogP contribution in [0.1, 0.15) is 59.6 Å². The lowest BCUT2D eigenvalue weighted by Gasteiger charge is -2.37. The highest BCUT2D eigenvalue weighted by Crippen LogP contribution is 2.34. The van der Waals surface area contributed by atoms with Crippen molar-refractivity contribution in [3.8, 4) is 0 Å². The van der Waals surface area contributed by atoms with Crippen LogP contribution in [0.25, 0.3) is 6.08 Å². The Bertz CT molecular complexity index is 1040. The monoisotopic (exact) mass is 456 g/mol. The number of carbonyl (C=O) groups excluding carboxylic acids is 2. The Hall–Kier alpha value is -2.93. The highest BCUT2D eigenvalue weighted by atomic mass is 19.1. The molecule has 0 aliphatic carbocycles. The number of aromatic nitrogens is 1. The van der Waals surface area contributed by atoms with E-state index < -0.39 is 5.97 Å². The summed E-state index contributed by atoms with van der Waals surface area (Å²) < 4.78 is 26.7. The molecule has 7 heteroatoms. The van der Waals surface area contributed by atoms with Gasteiger partial charge in [-0.15, -0.1) is 0 Å². The maximum Gasteiger partial charge on any atom is 0.340 e. The fourth-order valence-corrected chi connectivity index (χ4v) is 4.67. The van der Waals surface area contributed by atoms with Crippen LogP contribution in [-0.4, -0.2) is 42.8 Å². The van der Waals surface area contributed by atoms with Gasteiger partial charge in [0.15, 0.2) is 0 Å². The van der Waals surface area contributed by atoms with Gasteiger partial charge < -0.3 is 19.4 Å². The lowest BCUT2D eigenvalue weighted by atomic mass is 9.74. The predicted molar refractivity (Wildman–Crippen MR) is 126 cm³/mol. The summed E-state index contributed by atoms with van der Waals surface area (Å²) >= 11 is 0. The third-order valence-corrected chi connectivity index (χ3v) is 6.52. The molecule has 1 saturated heterocycles. The first-order valence-electron chi connectivity index (χ1n) is 11.5. The average molecular weight is 457 g/mol. The molecule has 2 aromatic rings. The molecule has 3 rings (SSSR count). The van der Waals surface area contributed by atoms with Crippen molar-refractivity contribution in [3.63, 3.8) is 0 Å². The summed E-state index contributed by atoms with van der Waals surface area (Å²) in [5.74, 6) is -0.951. The summed E-state index contributed by atoms with van der Waals surface area (Å²) in [4.78, 5) is 25.3. The van der Waals surface area contributed by atoms with Gasteiger partial charge in [-0.1, -0.05) is 12.1 Å². The zero-order chi connectivity index (χ0) is 24.0. The molecule has 0 saturated carbocycles.